The Hall–Kier alpha value is -0.616. The molecule has 0 N–H and O–H groups in total. The van der Waals surface area contributed by atoms with Crippen LogP contribution in [-0.2, 0) is 21.3 Å². The Morgan fingerprint density at radius 3 is 2.00 bits per heavy atom. The number of rotatable bonds is 1. The monoisotopic (exact) mass is 163 g/mol. The molecule has 0 aliphatic carbocycles. The van der Waals surface area contributed by atoms with Gasteiger partial charge < -0.3 is 4.79 Å². The summed E-state index contributed by atoms with van der Waals surface area (Å²) >= 11 is 0. The summed E-state index contributed by atoms with van der Waals surface area (Å²) in [6, 6.07) is 8.90. The third-order valence-corrected chi connectivity index (χ3v) is 0.892. The van der Waals surface area contributed by atoms with E-state index in [1.54, 1.807) is 30.6 Å². The molecule has 0 amide bonds. The van der Waals surface area contributed by atoms with Gasteiger partial charge >= 0.3 is 0 Å². The van der Waals surface area contributed by atoms with Crippen LogP contribution in [0.15, 0.2) is 30.3 Å². The molecule has 0 bridgehead atoms. The minimum Gasteiger partial charge on any atom is -0.376 e. The van der Waals surface area contributed by atoms with E-state index in [-0.39, 0.29) is 16.5 Å². The quantitative estimate of drug-likeness (QED) is 0.449. The smallest absolute Gasteiger partial charge is 0.0627 e. The summed E-state index contributed by atoms with van der Waals surface area (Å²) in [7, 11) is 0. The molecule has 0 fully saturated rings. The summed E-state index contributed by atoms with van der Waals surface area (Å²) in [5.74, 6) is 0. The molecule has 1 nitrogen and oxygen atoms in total. The van der Waals surface area contributed by atoms with E-state index in [2.05, 4.69) is 0 Å². The van der Waals surface area contributed by atoms with E-state index in [1.807, 2.05) is 6.07 Å². The normalized spacial score (nSPS) is 7.56. The van der Waals surface area contributed by atoms with Crippen LogP contribution in [0.1, 0.15) is 5.56 Å². The predicted molar refractivity (Wildman–Crippen MR) is 31.2 cm³/mol. The van der Waals surface area contributed by atoms with Crippen molar-refractivity contribution in [1.82, 2.24) is 0 Å². The van der Waals surface area contributed by atoms with Crippen molar-refractivity contribution in [3.8, 4) is 0 Å². The zero-order chi connectivity index (χ0) is 5.82. The molecule has 0 spiro atoms. The van der Waals surface area contributed by atoms with Crippen molar-refractivity contribution in [3.05, 3.63) is 35.9 Å². The Kier molecular flexibility index (Phi) is 3.99. The maximum Gasteiger partial charge on any atom is 0.0627 e. The average molecular weight is 164 g/mol. The first kappa shape index (κ1) is 8.38. The molecule has 0 saturated carbocycles. The van der Waals surface area contributed by atoms with E-state index in [0.717, 1.165) is 0 Å². The van der Waals surface area contributed by atoms with Gasteiger partial charge in [0.1, 0.15) is 0 Å². The molecular weight excluding hydrogens is 159 g/mol. The Labute approximate surface area is 64.0 Å². The second-order valence-corrected chi connectivity index (χ2v) is 1.47. The molecule has 0 atom stereocenters. The number of carbonyl (C=O) groups excluding carboxylic acids is 1. The second-order valence-electron chi connectivity index (χ2n) is 1.47. The Morgan fingerprint density at radius 1 is 1.11 bits per heavy atom. The van der Waals surface area contributed by atoms with Crippen molar-refractivity contribution < 1.29 is 21.3 Å². The third-order valence-electron chi connectivity index (χ3n) is 0.892. The molecule has 9 heavy (non-hydrogen) atoms. The molecule has 0 aliphatic rings. The third kappa shape index (κ3) is 2.43. The van der Waals surface area contributed by atoms with E-state index in [4.69, 9.17) is 0 Å². The molecule has 0 aliphatic heterocycles. The fourth-order valence-corrected chi connectivity index (χ4v) is 0.506. The summed E-state index contributed by atoms with van der Waals surface area (Å²) in [6.07, 6.45) is 1.78. The molecule has 1 rings (SSSR count). The van der Waals surface area contributed by atoms with Gasteiger partial charge in [0.2, 0.25) is 0 Å². The minimum atomic E-state index is 0. The van der Waals surface area contributed by atoms with E-state index >= 15 is 0 Å². The zero-order valence-electron chi connectivity index (χ0n) is 4.61. The maximum absolute atomic E-state index is 9.88. The van der Waals surface area contributed by atoms with Crippen molar-refractivity contribution in [2.45, 2.75) is 0 Å². The van der Waals surface area contributed by atoms with Gasteiger partial charge in [0.15, 0.2) is 0 Å². The van der Waals surface area contributed by atoms with E-state index < -0.39 is 0 Å². The molecule has 0 unspecified atom stereocenters. The Morgan fingerprint density at radius 2 is 1.67 bits per heavy atom. The van der Waals surface area contributed by atoms with Gasteiger partial charge in [-0.1, -0.05) is 6.07 Å². The molecule has 0 saturated heterocycles. The van der Waals surface area contributed by atoms with Crippen LogP contribution in [0, 0.1) is 0 Å². The fraction of sp³-hybridized carbons (Fsp3) is 0. The number of benzene rings is 1. The predicted octanol–water partition coefficient (Wildman–Crippen LogP) is 1.14. The summed E-state index contributed by atoms with van der Waals surface area (Å²) in [6.45, 7) is 0. The van der Waals surface area contributed by atoms with Crippen LogP contribution in [0.4, 0.5) is 0 Å². The molecule has 1 aromatic carbocycles. The van der Waals surface area contributed by atoms with E-state index in [0.29, 0.717) is 5.56 Å². The molecule has 1 aromatic rings. The van der Waals surface area contributed by atoms with Crippen LogP contribution in [0.3, 0.4) is 0 Å². The van der Waals surface area contributed by atoms with Crippen molar-refractivity contribution in [2.75, 3.05) is 0 Å². The van der Waals surface area contributed by atoms with Crippen LogP contribution < -0.4 is 0 Å². The van der Waals surface area contributed by atoms with Crippen LogP contribution in [0.2, 0.25) is 0 Å². The molecule has 2 heteroatoms. The van der Waals surface area contributed by atoms with Gasteiger partial charge in [-0.2, -0.15) is 17.7 Å². The summed E-state index contributed by atoms with van der Waals surface area (Å²) in [5.41, 5.74) is 0.604. The van der Waals surface area contributed by atoms with Gasteiger partial charge in [-0.3, -0.25) is 0 Å². The molecule has 0 aromatic heterocycles. The first-order valence-corrected chi connectivity index (χ1v) is 2.36. The molecular formula is C7H5NiO-. The summed E-state index contributed by atoms with van der Waals surface area (Å²) in [4.78, 5) is 9.88. The second kappa shape index (κ2) is 4.28. The maximum atomic E-state index is 9.88. The number of hydrogen-bond donors (Lipinski definition) is 0. The zero-order valence-corrected chi connectivity index (χ0v) is 5.60. The summed E-state index contributed by atoms with van der Waals surface area (Å²) < 4.78 is 0. The molecule has 0 heterocycles. The number of hydrogen-bond acceptors (Lipinski definition) is 1. The van der Waals surface area contributed by atoms with Gasteiger partial charge in [0, 0.05) is 16.5 Å². The van der Waals surface area contributed by atoms with Gasteiger partial charge in [-0.25, -0.2) is 0 Å². The van der Waals surface area contributed by atoms with E-state index in [1.165, 1.54) is 0 Å². The van der Waals surface area contributed by atoms with E-state index in [9.17, 15) is 4.79 Å². The van der Waals surface area contributed by atoms with Crippen molar-refractivity contribution >= 4 is 6.29 Å². The van der Waals surface area contributed by atoms with Crippen LogP contribution in [0.25, 0.3) is 0 Å². The Balaban J connectivity index is 0.000000640. The standard InChI is InChI=1S/C7H5O.Ni/c8-6-7-4-2-1-3-5-7;/h1-5H;/q-1;. The van der Waals surface area contributed by atoms with Gasteiger partial charge in [0.05, 0.1) is 6.29 Å². The van der Waals surface area contributed by atoms with Crippen molar-refractivity contribution in [2.24, 2.45) is 0 Å². The van der Waals surface area contributed by atoms with Gasteiger partial charge in [-0.05, 0) is 0 Å². The van der Waals surface area contributed by atoms with Crippen molar-refractivity contribution in [1.29, 1.82) is 0 Å². The SMILES string of the molecule is O=[C-]c1ccccc1.[Ni]. The van der Waals surface area contributed by atoms with Crippen molar-refractivity contribution in [3.63, 3.8) is 0 Å². The van der Waals surface area contributed by atoms with Crippen LogP contribution in [0.5, 0.6) is 0 Å². The van der Waals surface area contributed by atoms with Gasteiger partial charge in [-0.15, -0.1) is 12.1 Å². The fourth-order valence-electron chi connectivity index (χ4n) is 0.506. The molecule has 0 radical (unpaired) electrons. The average Bonchev–Trinajstić information content (AvgIpc) is 1.90. The van der Waals surface area contributed by atoms with Crippen LogP contribution in [-0.4, -0.2) is 6.29 Å². The first-order chi connectivity index (χ1) is 3.93. The topological polar surface area (TPSA) is 17.1 Å². The largest absolute Gasteiger partial charge is 0.376 e. The Bertz CT molecular complexity index is 172. The van der Waals surface area contributed by atoms with Crippen LogP contribution >= 0.6 is 0 Å². The van der Waals surface area contributed by atoms with Gasteiger partial charge in [0.25, 0.3) is 0 Å². The molecule has 50 valence electrons. The summed E-state index contributed by atoms with van der Waals surface area (Å²) in [5, 5.41) is 0. The first-order valence-electron chi connectivity index (χ1n) is 2.36. The minimum absolute atomic E-state index is 0.